The van der Waals surface area contributed by atoms with Crippen LogP contribution in [0.3, 0.4) is 0 Å². The number of anilines is 1. The van der Waals surface area contributed by atoms with Crippen LogP contribution in [0.1, 0.15) is 24.5 Å². The molecule has 0 aromatic heterocycles. The van der Waals surface area contributed by atoms with E-state index in [1.165, 1.54) is 29.7 Å². The van der Waals surface area contributed by atoms with Gasteiger partial charge in [0.1, 0.15) is 0 Å². The lowest BCUT2D eigenvalue weighted by molar-refractivity contribution is 0.715. The fourth-order valence-corrected chi connectivity index (χ4v) is 2.09. The SMILES string of the molecule is CCNCCc1ccc2c(c1)CCCN2. The fraction of sp³-hybridized carbons (Fsp3) is 0.538. The maximum absolute atomic E-state index is 3.44. The predicted molar refractivity (Wildman–Crippen MR) is 65.5 cm³/mol. The Morgan fingerprint density at radius 3 is 3.20 bits per heavy atom. The first-order valence-electron chi connectivity index (χ1n) is 5.96. The Labute approximate surface area is 92.1 Å². The summed E-state index contributed by atoms with van der Waals surface area (Å²) in [7, 11) is 0. The molecule has 0 bridgehead atoms. The quantitative estimate of drug-likeness (QED) is 0.735. The monoisotopic (exact) mass is 204 g/mol. The third-order valence-corrected chi connectivity index (χ3v) is 2.95. The van der Waals surface area contributed by atoms with E-state index in [1.54, 1.807) is 0 Å². The molecule has 2 heteroatoms. The van der Waals surface area contributed by atoms with E-state index in [4.69, 9.17) is 0 Å². The molecule has 0 aliphatic carbocycles. The molecular formula is C13H20N2. The van der Waals surface area contributed by atoms with Gasteiger partial charge in [-0.3, -0.25) is 0 Å². The molecule has 2 N–H and O–H groups in total. The second kappa shape index (κ2) is 5.17. The van der Waals surface area contributed by atoms with Crippen LogP contribution < -0.4 is 10.6 Å². The average Bonchev–Trinajstić information content (AvgIpc) is 2.29. The lowest BCUT2D eigenvalue weighted by atomic mass is 9.99. The molecule has 0 saturated heterocycles. The van der Waals surface area contributed by atoms with Crippen LogP contribution >= 0.6 is 0 Å². The van der Waals surface area contributed by atoms with Gasteiger partial charge in [0.25, 0.3) is 0 Å². The maximum Gasteiger partial charge on any atom is 0.0372 e. The van der Waals surface area contributed by atoms with E-state index in [2.05, 4.69) is 35.8 Å². The second-order valence-corrected chi connectivity index (χ2v) is 4.13. The molecule has 82 valence electrons. The minimum atomic E-state index is 1.06. The van der Waals surface area contributed by atoms with Gasteiger partial charge in [-0.25, -0.2) is 0 Å². The highest BCUT2D eigenvalue weighted by Gasteiger charge is 2.08. The van der Waals surface area contributed by atoms with Gasteiger partial charge in [-0.2, -0.15) is 0 Å². The Balaban J connectivity index is 2.00. The van der Waals surface area contributed by atoms with Crippen LogP contribution in [-0.4, -0.2) is 19.6 Å². The second-order valence-electron chi connectivity index (χ2n) is 4.13. The molecule has 15 heavy (non-hydrogen) atoms. The van der Waals surface area contributed by atoms with Crippen LogP contribution in [0.15, 0.2) is 18.2 Å². The summed E-state index contributed by atoms with van der Waals surface area (Å²) in [6.45, 7) is 5.43. The van der Waals surface area contributed by atoms with E-state index in [0.717, 1.165) is 26.1 Å². The highest BCUT2D eigenvalue weighted by Crippen LogP contribution is 2.22. The van der Waals surface area contributed by atoms with Gasteiger partial charge in [-0.15, -0.1) is 0 Å². The molecule has 2 rings (SSSR count). The van der Waals surface area contributed by atoms with E-state index in [9.17, 15) is 0 Å². The molecule has 1 heterocycles. The molecule has 1 aromatic carbocycles. The van der Waals surface area contributed by atoms with Gasteiger partial charge >= 0.3 is 0 Å². The molecule has 0 unspecified atom stereocenters. The molecule has 0 fully saturated rings. The van der Waals surface area contributed by atoms with Crippen molar-refractivity contribution in [2.75, 3.05) is 25.0 Å². The van der Waals surface area contributed by atoms with Crippen molar-refractivity contribution < 1.29 is 0 Å². The zero-order valence-corrected chi connectivity index (χ0v) is 9.47. The first kappa shape index (κ1) is 10.5. The molecular weight excluding hydrogens is 184 g/mol. The summed E-state index contributed by atoms with van der Waals surface area (Å²) in [5.41, 5.74) is 4.29. The van der Waals surface area contributed by atoms with Gasteiger partial charge in [-0.1, -0.05) is 19.1 Å². The number of nitrogens with one attached hydrogen (secondary N) is 2. The third-order valence-electron chi connectivity index (χ3n) is 2.95. The van der Waals surface area contributed by atoms with Crippen LogP contribution in [0, 0.1) is 0 Å². The van der Waals surface area contributed by atoms with Crippen molar-refractivity contribution in [2.45, 2.75) is 26.2 Å². The number of aryl methyl sites for hydroxylation is 1. The van der Waals surface area contributed by atoms with Gasteiger partial charge < -0.3 is 10.6 Å². The van der Waals surface area contributed by atoms with Crippen LogP contribution in [-0.2, 0) is 12.8 Å². The van der Waals surface area contributed by atoms with Crippen molar-refractivity contribution in [1.82, 2.24) is 5.32 Å². The summed E-state index contributed by atoms with van der Waals surface area (Å²) in [6.07, 6.45) is 3.64. The normalized spacial score (nSPS) is 14.5. The Hall–Kier alpha value is -1.02. The highest BCUT2D eigenvalue weighted by molar-refractivity contribution is 5.54. The lowest BCUT2D eigenvalue weighted by Gasteiger charge is -2.18. The molecule has 0 amide bonds. The maximum atomic E-state index is 3.44. The summed E-state index contributed by atoms with van der Waals surface area (Å²) in [4.78, 5) is 0. The number of likely N-dealkylation sites (N-methyl/N-ethyl adjacent to an activating group) is 1. The number of benzene rings is 1. The smallest absolute Gasteiger partial charge is 0.0372 e. The highest BCUT2D eigenvalue weighted by atomic mass is 14.9. The van der Waals surface area contributed by atoms with E-state index in [-0.39, 0.29) is 0 Å². The minimum Gasteiger partial charge on any atom is -0.385 e. The van der Waals surface area contributed by atoms with Crippen LogP contribution in [0.5, 0.6) is 0 Å². The number of hydrogen-bond donors (Lipinski definition) is 2. The summed E-state index contributed by atoms with van der Waals surface area (Å²) in [5, 5.41) is 6.80. The van der Waals surface area contributed by atoms with Crippen molar-refractivity contribution >= 4 is 5.69 Å². The van der Waals surface area contributed by atoms with Crippen molar-refractivity contribution in [3.63, 3.8) is 0 Å². The molecule has 0 atom stereocenters. The largest absolute Gasteiger partial charge is 0.385 e. The molecule has 0 spiro atoms. The first-order valence-corrected chi connectivity index (χ1v) is 5.96. The van der Waals surface area contributed by atoms with Gasteiger partial charge in [0.05, 0.1) is 0 Å². The lowest BCUT2D eigenvalue weighted by Crippen LogP contribution is -2.16. The summed E-state index contributed by atoms with van der Waals surface area (Å²) >= 11 is 0. The Morgan fingerprint density at radius 1 is 1.40 bits per heavy atom. The summed E-state index contributed by atoms with van der Waals surface area (Å²) < 4.78 is 0. The standard InChI is InChI=1S/C13H20N2/c1-2-14-9-7-11-5-6-13-12(10-11)4-3-8-15-13/h5-6,10,14-15H,2-4,7-9H2,1H3. The Bertz CT molecular complexity index is 320. The van der Waals surface area contributed by atoms with Gasteiger partial charge in [0.2, 0.25) is 0 Å². The Morgan fingerprint density at radius 2 is 2.33 bits per heavy atom. The molecule has 1 aliphatic heterocycles. The predicted octanol–water partition coefficient (Wildman–Crippen LogP) is 2.20. The van der Waals surface area contributed by atoms with E-state index >= 15 is 0 Å². The van der Waals surface area contributed by atoms with Gasteiger partial charge in [0, 0.05) is 12.2 Å². The molecule has 1 aliphatic rings. The topological polar surface area (TPSA) is 24.1 Å². The van der Waals surface area contributed by atoms with Crippen molar-refractivity contribution in [3.8, 4) is 0 Å². The van der Waals surface area contributed by atoms with Crippen LogP contribution in [0.25, 0.3) is 0 Å². The van der Waals surface area contributed by atoms with Crippen LogP contribution in [0.4, 0.5) is 5.69 Å². The van der Waals surface area contributed by atoms with E-state index in [1.807, 2.05) is 0 Å². The zero-order valence-electron chi connectivity index (χ0n) is 9.47. The molecule has 2 nitrogen and oxygen atoms in total. The van der Waals surface area contributed by atoms with Crippen molar-refractivity contribution in [2.24, 2.45) is 0 Å². The van der Waals surface area contributed by atoms with Gasteiger partial charge in [0.15, 0.2) is 0 Å². The number of rotatable bonds is 4. The Kier molecular flexibility index (Phi) is 3.62. The third kappa shape index (κ3) is 2.72. The van der Waals surface area contributed by atoms with Crippen molar-refractivity contribution in [3.05, 3.63) is 29.3 Å². The number of hydrogen-bond acceptors (Lipinski definition) is 2. The fourth-order valence-electron chi connectivity index (χ4n) is 2.09. The van der Waals surface area contributed by atoms with Crippen molar-refractivity contribution in [1.29, 1.82) is 0 Å². The van der Waals surface area contributed by atoms with Gasteiger partial charge in [-0.05, 0) is 49.5 Å². The molecule has 1 aromatic rings. The van der Waals surface area contributed by atoms with E-state index < -0.39 is 0 Å². The summed E-state index contributed by atoms with van der Waals surface area (Å²) in [6, 6.07) is 6.84. The first-order chi connectivity index (χ1) is 7.40. The summed E-state index contributed by atoms with van der Waals surface area (Å²) in [5.74, 6) is 0. The zero-order chi connectivity index (χ0) is 10.5. The number of fused-ring (bicyclic) bond motifs is 1. The minimum absolute atomic E-state index is 1.06. The molecule has 0 radical (unpaired) electrons. The molecule has 0 saturated carbocycles. The van der Waals surface area contributed by atoms with Crippen LogP contribution in [0.2, 0.25) is 0 Å². The average molecular weight is 204 g/mol. The van der Waals surface area contributed by atoms with E-state index in [0.29, 0.717) is 0 Å².